The lowest BCUT2D eigenvalue weighted by Gasteiger charge is -2.26. The van der Waals surface area contributed by atoms with Gasteiger partial charge in [0.25, 0.3) is 0 Å². The van der Waals surface area contributed by atoms with Gasteiger partial charge in [0, 0.05) is 14.4 Å². The highest BCUT2D eigenvalue weighted by atomic mass is 32.2. The van der Waals surface area contributed by atoms with Gasteiger partial charge in [0.2, 0.25) is 5.91 Å². The number of unbranched alkanes of at least 4 members (excludes halogenated alkanes) is 3. The first kappa shape index (κ1) is 29.6. The van der Waals surface area contributed by atoms with Crippen molar-refractivity contribution < 1.29 is 11.0 Å². The number of carbonyl (C=O) groups is 2. The van der Waals surface area contributed by atoms with Crippen LogP contribution in [0, 0.1) is 0 Å². The van der Waals surface area contributed by atoms with Crippen LogP contribution in [0.2, 0.25) is 0 Å². The summed E-state index contributed by atoms with van der Waals surface area (Å²) in [5.74, 6) is 2.49. The molecule has 0 saturated carbocycles. The van der Waals surface area contributed by atoms with Gasteiger partial charge in [-0.05, 0) is 71.9 Å². The Balaban J connectivity index is -0.00000158. The number of Topliss-reactive ketones (excluding diaryl/α,β-unsaturated/α-hetero) is 1. The van der Waals surface area contributed by atoms with Gasteiger partial charge in [-0.2, -0.15) is 11.8 Å². The fraction of sp³-hybridized carbons (Fsp3) is 0.909. The minimum absolute atomic E-state index is 0. The molecule has 0 aliphatic heterocycles. The van der Waals surface area contributed by atoms with E-state index in [0.29, 0.717) is 13.0 Å². The van der Waals surface area contributed by atoms with Crippen LogP contribution in [0.3, 0.4) is 0 Å². The van der Waals surface area contributed by atoms with Crippen molar-refractivity contribution in [3.63, 3.8) is 0 Å². The third kappa shape index (κ3) is 20.2. The second-order valence-electron chi connectivity index (χ2n) is 7.67. The summed E-state index contributed by atoms with van der Waals surface area (Å²) in [5, 5.41) is 2.99. The van der Waals surface area contributed by atoms with Crippen LogP contribution >= 0.6 is 11.8 Å². The molecule has 0 radical (unpaired) electrons. The van der Waals surface area contributed by atoms with E-state index in [1.807, 2.05) is 37.8 Å². The Morgan fingerprint density at radius 1 is 0.964 bits per heavy atom. The number of nitrogens with one attached hydrogen (secondary N) is 1. The van der Waals surface area contributed by atoms with Gasteiger partial charge in [-0.25, -0.2) is 0 Å². The standard InChI is InChI=1S/C19H39N3O2S.C3H8.H2/c1-6-25-15-10-8-7-9-14-22(5)18(16-17(2)23)19(24)20-12-11-13-21(3)4;1-3-2;/h18H,6-16H2,1-5H3,(H,20,24);3H2,1-2H3;1H. The Morgan fingerprint density at radius 2 is 1.57 bits per heavy atom. The molecule has 1 atom stereocenters. The van der Waals surface area contributed by atoms with Crippen molar-refractivity contribution >= 4 is 23.5 Å². The van der Waals surface area contributed by atoms with Gasteiger partial charge in [0.15, 0.2) is 0 Å². The first-order valence-electron chi connectivity index (χ1n) is 11.0. The predicted octanol–water partition coefficient (Wildman–Crippen LogP) is 4.31. The van der Waals surface area contributed by atoms with Crippen LogP contribution in [-0.2, 0) is 9.59 Å². The number of likely N-dealkylation sites (N-methyl/N-ethyl adjacent to an activating group) is 1. The van der Waals surface area contributed by atoms with Gasteiger partial charge in [0.1, 0.15) is 5.78 Å². The summed E-state index contributed by atoms with van der Waals surface area (Å²) in [6.45, 7) is 10.5. The monoisotopic (exact) mass is 419 g/mol. The van der Waals surface area contributed by atoms with Gasteiger partial charge < -0.3 is 10.2 Å². The highest BCUT2D eigenvalue weighted by molar-refractivity contribution is 7.99. The summed E-state index contributed by atoms with van der Waals surface area (Å²) >= 11 is 2.00. The Labute approximate surface area is 180 Å². The van der Waals surface area contributed by atoms with Crippen LogP contribution in [0.25, 0.3) is 0 Å². The van der Waals surface area contributed by atoms with E-state index in [9.17, 15) is 9.59 Å². The predicted molar refractivity (Wildman–Crippen MR) is 127 cm³/mol. The number of nitrogens with zero attached hydrogens (tertiary/aromatic N) is 2. The Hall–Kier alpha value is -0.590. The van der Waals surface area contributed by atoms with Crippen molar-refractivity contribution in [2.24, 2.45) is 0 Å². The van der Waals surface area contributed by atoms with Gasteiger partial charge in [-0.15, -0.1) is 0 Å². The minimum Gasteiger partial charge on any atom is -0.355 e. The van der Waals surface area contributed by atoms with Crippen LogP contribution in [-0.4, -0.2) is 79.8 Å². The smallest absolute Gasteiger partial charge is 0.237 e. The maximum atomic E-state index is 12.5. The second-order valence-corrected chi connectivity index (χ2v) is 9.06. The van der Waals surface area contributed by atoms with Crippen LogP contribution < -0.4 is 5.32 Å². The molecule has 0 saturated heterocycles. The van der Waals surface area contributed by atoms with Crippen LogP contribution in [0.5, 0.6) is 0 Å². The molecule has 5 nitrogen and oxygen atoms in total. The largest absolute Gasteiger partial charge is 0.355 e. The molecule has 28 heavy (non-hydrogen) atoms. The maximum absolute atomic E-state index is 12.5. The van der Waals surface area contributed by atoms with E-state index in [-0.39, 0.29) is 19.2 Å². The van der Waals surface area contributed by atoms with Gasteiger partial charge in [-0.3, -0.25) is 14.5 Å². The number of carbonyl (C=O) groups excluding carboxylic acids is 2. The van der Waals surface area contributed by atoms with E-state index < -0.39 is 0 Å². The lowest BCUT2D eigenvalue weighted by molar-refractivity contribution is -0.129. The van der Waals surface area contributed by atoms with Crippen LogP contribution in [0.4, 0.5) is 0 Å². The highest BCUT2D eigenvalue weighted by Gasteiger charge is 2.24. The van der Waals surface area contributed by atoms with Crippen molar-refractivity contribution in [2.75, 3.05) is 52.3 Å². The fourth-order valence-electron chi connectivity index (χ4n) is 2.66. The Kier molecular flexibility index (Phi) is 22.3. The lowest BCUT2D eigenvalue weighted by Crippen LogP contribution is -2.47. The molecule has 0 aliphatic carbocycles. The number of ketones is 1. The van der Waals surface area contributed by atoms with Crippen LogP contribution in [0.15, 0.2) is 0 Å². The molecule has 0 fully saturated rings. The molecule has 0 heterocycles. The third-order valence-corrected chi connectivity index (χ3v) is 5.14. The zero-order chi connectivity index (χ0) is 21.8. The third-order valence-electron chi connectivity index (χ3n) is 4.15. The van der Waals surface area contributed by atoms with Crippen molar-refractivity contribution in [3.8, 4) is 0 Å². The topological polar surface area (TPSA) is 52.7 Å². The summed E-state index contributed by atoms with van der Waals surface area (Å²) in [7, 11) is 6.00. The first-order chi connectivity index (χ1) is 13.3. The summed E-state index contributed by atoms with van der Waals surface area (Å²) < 4.78 is 0. The summed E-state index contributed by atoms with van der Waals surface area (Å²) in [5.41, 5.74) is 0. The number of hydrogen-bond acceptors (Lipinski definition) is 5. The summed E-state index contributed by atoms with van der Waals surface area (Å²) in [6, 6.07) is -0.340. The quantitative estimate of drug-likeness (QED) is 0.378. The van der Waals surface area contributed by atoms with Crippen molar-refractivity contribution in [1.29, 1.82) is 0 Å². The minimum atomic E-state index is -0.340. The number of thioether (sulfide) groups is 1. The van der Waals surface area contributed by atoms with Crippen molar-refractivity contribution in [1.82, 2.24) is 15.1 Å². The molecule has 0 spiro atoms. The molecule has 0 aromatic carbocycles. The van der Waals surface area contributed by atoms with Crippen molar-refractivity contribution in [3.05, 3.63) is 0 Å². The molecular formula is C22H49N3O2S. The zero-order valence-corrected chi connectivity index (χ0v) is 20.5. The number of hydrogen-bond donors (Lipinski definition) is 1. The molecule has 0 rings (SSSR count). The van der Waals surface area contributed by atoms with Crippen molar-refractivity contribution in [2.45, 2.75) is 78.7 Å². The van der Waals surface area contributed by atoms with Gasteiger partial charge in [-0.1, -0.05) is 40.0 Å². The van der Waals surface area contributed by atoms with Gasteiger partial charge >= 0.3 is 0 Å². The molecule has 0 bridgehead atoms. The van der Waals surface area contributed by atoms with E-state index in [0.717, 1.165) is 25.9 Å². The van der Waals surface area contributed by atoms with Gasteiger partial charge in [0.05, 0.1) is 6.04 Å². The molecule has 1 amide bonds. The summed E-state index contributed by atoms with van der Waals surface area (Å²) in [4.78, 5) is 28.1. The molecule has 170 valence electrons. The van der Waals surface area contributed by atoms with E-state index in [1.54, 1.807) is 6.92 Å². The average Bonchev–Trinajstić information content (AvgIpc) is 2.62. The second kappa shape index (κ2) is 21.1. The van der Waals surface area contributed by atoms with Crippen LogP contribution in [0.1, 0.15) is 74.1 Å². The average molecular weight is 420 g/mol. The molecule has 1 N–H and O–H groups in total. The SMILES string of the molecule is CCC.CCSCCCCCCN(C)C(CC(C)=O)C(=O)NCCCN(C)C.[HH]. The molecular weight excluding hydrogens is 370 g/mol. The number of amides is 1. The molecule has 0 aromatic rings. The molecule has 1 unspecified atom stereocenters. The van der Waals surface area contributed by atoms with E-state index in [4.69, 9.17) is 0 Å². The Bertz CT molecular complexity index is 385. The molecule has 0 aromatic heterocycles. The number of rotatable bonds is 16. The first-order valence-corrected chi connectivity index (χ1v) is 12.1. The highest BCUT2D eigenvalue weighted by Crippen LogP contribution is 2.10. The van der Waals surface area contributed by atoms with E-state index in [2.05, 4.69) is 31.0 Å². The fourth-order valence-corrected chi connectivity index (χ4v) is 3.36. The Morgan fingerprint density at radius 3 is 2.11 bits per heavy atom. The summed E-state index contributed by atoms with van der Waals surface area (Å²) in [6.07, 6.45) is 7.25. The maximum Gasteiger partial charge on any atom is 0.237 e. The van der Waals surface area contributed by atoms with E-state index >= 15 is 0 Å². The lowest BCUT2D eigenvalue weighted by atomic mass is 10.1. The molecule has 6 heteroatoms. The molecule has 0 aliphatic rings. The normalized spacial score (nSPS) is 11.9. The van der Waals surface area contributed by atoms with E-state index in [1.165, 1.54) is 37.2 Å². The zero-order valence-electron chi connectivity index (χ0n) is 19.7.